The zero-order chi connectivity index (χ0) is 14.0. The van der Waals surface area contributed by atoms with Crippen molar-refractivity contribution in [1.29, 1.82) is 5.26 Å². The standard InChI is InChI=1S/C13H18N4OS/c1-3-6-17(2)13-9(7-14)10(15)11(19-13)12(18)16-8-4-5-8/h8H,3-6,15H2,1-2H3,(H,16,18). The van der Waals surface area contributed by atoms with Crippen LogP contribution in [0.1, 0.15) is 41.4 Å². The van der Waals surface area contributed by atoms with Crippen molar-refractivity contribution in [2.24, 2.45) is 0 Å². The van der Waals surface area contributed by atoms with Crippen molar-refractivity contribution in [2.45, 2.75) is 32.2 Å². The molecule has 1 aliphatic carbocycles. The fourth-order valence-corrected chi connectivity index (χ4v) is 2.95. The summed E-state index contributed by atoms with van der Waals surface area (Å²) in [6, 6.07) is 2.40. The molecule has 0 aliphatic heterocycles. The van der Waals surface area contributed by atoms with Crippen LogP contribution < -0.4 is 16.0 Å². The van der Waals surface area contributed by atoms with Gasteiger partial charge < -0.3 is 16.0 Å². The van der Waals surface area contributed by atoms with Gasteiger partial charge in [-0.1, -0.05) is 6.92 Å². The number of nitrogens with one attached hydrogen (secondary N) is 1. The van der Waals surface area contributed by atoms with Crippen molar-refractivity contribution in [2.75, 3.05) is 24.2 Å². The number of nitrogens with two attached hydrogens (primary N) is 1. The Morgan fingerprint density at radius 1 is 1.63 bits per heavy atom. The highest BCUT2D eigenvalue weighted by atomic mass is 32.1. The van der Waals surface area contributed by atoms with Gasteiger partial charge >= 0.3 is 0 Å². The molecule has 19 heavy (non-hydrogen) atoms. The SMILES string of the molecule is CCCN(C)c1sc(C(=O)NC2CC2)c(N)c1C#N. The largest absolute Gasteiger partial charge is 0.396 e. The molecule has 5 nitrogen and oxygen atoms in total. The number of nitrogen functional groups attached to an aromatic ring is 1. The first-order chi connectivity index (χ1) is 9.08. The van der Waals surface area contributed by atoms with E-state index < -0.39 is 0 Å². The molecule has 2 rings (SSSR count). The van der Waals surface area contributed by atoms with Crippen LogP contribution in [0.25, 0.3) is 0 Å². The zero-order valence-corrected chi connectivity index (χ0v) is 12.0. The second kappa shape index (κ2) is 5.49. The minimum Gasteiger partial charge on any atom is -0.396 e. The van der Waals surface area contributed by atoms with Gasteiger partial charge in [-0.15, -0.1) is 11.3 Å². The number of thiophene rings is 1. The third-order valence-corrected chi connectivity index (χ3v) is 4.38. The van der Waals surface area contributed by atoms with Gasteiger partial charge in [0.15, 0.2) is 0 Å². The lowest BCUT2D eigenvalue weighted by Gasteiger charge is -2.16. The highest BCUT2D eigenvalue weighted by Gasteiger charge is 2.28. The van der Waals surface area contributed by atoms with Gasteiger partial charge in [-0.25, -0.2) is 0 Å². The normalized spacial score (nSPS) is 13.9. The summed E-state index contributed by atoms with van der Waals surface area (Å²) < 4.78 is 0. The first-order valence-electron chi connectivity index (χ1n) is 6.42. The highest BCUT2D eigenvalue weighted by molar-refractivity contribution is 7.19. The van der Waals surface area contributed by atoms with Crippen LogP contribution in [-0.2, 0) is 0 Å². The fourth-order valence-electron chi connectivity index (χ4n) is 1.89. The van der Waals surface area contributed by atoms with Crippen molar-refractivity contribution in [3.05, 3.63) is 10.4 Å². The van der Waals surface area contributed by atoms with Crippen molar-refractivity contribution in [3.8, 4) is 6.07 Å². The van der Waals surface area contributed by atoms with E-state index in [4.69, 9.17) is 5.73 Å². The maximum Gasteiger partial charge on any atom is 0.263 e. The average molecular weight is 278 g/mol. The first-order valence-corrected chi connectivity index (χ1v) is 7.24. The minimum absolute atomic E-state index is 0.155. The maximum absolute atomic E-state index is 12.1. The van der Waals surface area contributed by atoms with Crippen LogP contribution in [0.4, 0.5) is 10.7 Å². The zero-order valence-electron chi connectivity index (χ0n) is 11.2. The van der Waals surface area contributed by atoms with Crippen molar-refractivity contribution in [1.82, 2.24) is 5.32 Å². The van der Waals surface area contributed by atoms with Crippen LogP contribution in [-0.4, -0.2) is 25.5 Å². The molecule has 0 unspecified atom stereocenters. The van der Waals surface area contributed by atoms with Gasteiger partial charge in [0, 0.05) is 19.6 Å². The Kier molecular flexibility index (Phi) is 3.96. The molecule has 0 spiro atoms. The molecule has 3 N–H and O–H groups in total. The molecule has 1 aromatic heterocycles. The quantitative estimate of drug-likeness (QED) is 0.862. The van der Waals surface area contributed by atoms with Crippen LogP contribution >= 0.6 is 11.3 Å². The van der Waals surface area contributed by atoms with Crippen LogP contribution in [0.2, 0.25) is 0 Å². The van der Waals surface area contributed by atoms with Gasteiger partial charge in [0.1, 0.15) is 21.5 Å². The Morgan fingerprint density at radius 3 is 2.84 bits per heavy atom. The lowest BCUT2D eigenvalue weighted by Crippen LogP contribution is -2.25. The molecule has 0 atom stereocenters. The average Bonchev–Trinajstić information content (AvgIpc) is 3.11. The van der Waals surface area contributed by atoms with E-state index >= 15 is 0 Å². The molecule has 1 aromatic rings. The van der Waals surface area contributed by atoms with Crippen molar-refractivity contribution in [3.63, 3.8) is 0 Å². The van der Waals surface area contributed by atoms with Gasteiger partial charge in [-0.2, -0.15) is 5.26 Å². The van der Waals surface area contributed by atoms with E-state index in [1.165, 1.54) is 11.3 Å². The van der Waals surface area contributed by atoms with Crippen molar-refractivity contribution >= 4 is 27.9 Å². The Morgan fingerprint density at radius 2 is 2.32 bits per heavy atom. The van der Waals surface area contributed by atoms with Gasteiger partial charge in [0.25, 0.3) is 5.91 Å². The number of carbonyl (C=O) groups is 1. The molecular weight excluding hydrogens is 260 g/mol. The van der Waals surface area contributed by atoms with E-state index in [9.17, 15) is 10.1 Å². The number of anilines is 2. The number of carbonyl (C=O) groups excluding carboxylic acids is 1. The first kappa shape index (κ1) is 13.7. The topological polar surface area (TPSA) is 82.2 Å². The monoisotopic (exact) mass is 278 g/mol. The van der Waals surface area contributed by atoms with Gasteiger partial charge in [0.2, 0.25) is 0 Å². The molecule has 1 fully saturated rings. The smallest absolute Gasteiger partial charge is 0.263 e. The molecule has 0 saturated heterocycles. The third-order valence-electron chi connectivity index (χ3n) is 3.06. The minimum atomic E-state index is -0.155. The summed E-state index contributed by atoms with van der Waals surface area (Å²) in [5.74, 6) is -0.155. The van der Waals surface area contributed by atoms with Crippen molar-refractivity contribution < 1.29 is 4.79 Å². The summed E-state index contributed by atoms with van der Waals surface area (Å²) in [5, 5.41) is 12.9. The highest BCUT2D eigenvalue weighted by Crippen LogP contribution is 2.37. The maximum atomic E-state index is 12.1. The predicted octanol–water partition coefficient (Wildman–Crippen LogP) is 1.94. The molecule has 102 valence electrons. The predicted molar refractivity (Wildman–Crippen MR) is 77.5 cm³/mol. The van der Waals surface area contributed by atoms with Gasteiger partial charge in [-0.3, -0.25) is 4.79 Å². The van der Waals surface area contributed by atoms with Crippen LogP contribution in [0.5, 0.6) is 0 Å². The lowest BCUT2D eigenvalue weighted by molar-refractivity contribution is 0.0956. The van der Waals surface area contributed by atoms with Crippen LogP contribution in [0.15, 0.2) is 0 Å². The van der Waals surface area contributed by atoms with E-state index in [1.54, 1.807) is 0 Å². The lowest BCUT2D eigenvalue weighted by atomic mass is 10.2. The number of hydrogen-bond donors (Lipinski definition) is 2. The number of hydrogen-bond acceptors (Lipinski definition) is 5. The summed E-state index contributed by atoms with van der Waals surface area (Å²) in [7, 11) is 1.91. The van der Waals surface area contributed by atoms with E-state index in [1.807, 2.05) is 11.9 Å². The summed E-state index contributed by atoms with van der Waals surface area (Å²) >= 11 is 1.30. The summed E-state index contributed by atoms with van der Waals surface area (Å²) in [6.45, 7) is 2.90. The molecule has 6 heteroatoms. The number of amides is 1. The van der Waals surface area contributed by atoms with E-state index in [-0.39, 0.29) is 11.9 Å². The molecular formula is C13H18N4OS. The fraction of sp³-hybridized carbons (Fsp3) is 0.538. The molecule has 0 aromatic carbocycles. The summed E-state index contributed by atoms with van der Waals surface area (Å²) in [4.78, 5) is 14.5. The van der Waals surface area contributed by atoms with E-state index in [0.717, 1.165) is 30.8 Å². The Labute approximate surface area is 117 Å². The summed E-state index contributed by atoms with van der Waals surface area (Å²) in [6.07, 6.45) is 3.04. The molecule has 0 radical (unpaired) electrons. The van der Waals surface area contributed by atoms with E-state index in [0.29, 0.717) is 16.1 Å². The third kappa shape index (κ3) is 2.82. The number of nitrogens with zero attached hydrogens (tertiary/aromatic N) is 2. The second-order valence-electron chi connectivity index (χ2n) is 4.81. The van der Waals surface area contributed by atoms with Crippen LogP contribution in [0.3, 0.4) is 0 Å². The molecule has 1 saturated carbocycles. The number of rotatable bonds is 5. The Bertz CT molecular complexity index is 527. The van der Waals surface area contributed by atoms with Gasteiger partial charge in [-0.05, 0) is 19.3 Å². The van der Waals surface area contributed by atoms with Crippen LogP contribution in [0, 0.1) is 11.3 Å². The van der Waals surface area contributed by atoms with E-state index in [2.05, 4.69) is 18.3 Å². The number of nitriles is 1. The molecule has 0 bridgehead atoms. The molecule has 1 aliphatic rings. The Hall–Kier alpha value is -1.74. The Balaban J connectivity index is 2.29. The summed E-state index contributed by atoms with van der Waals surface area (Å²) in [5.41, 5.74) is 6.67. The van der Waals surface area contributed by atoms with Gasteiger partial charge in [0.05, 0.1) is 5.69 Å². The molecule has 1 amide bonds. The second-order valence-corrected chi connectivity index (χ2v) is 5.81. The molecule has 1 heterocycles.